The Morgan fingerprint density at radius 3 is 0.604 bits per heavy atom. The van der Waals surface area contributed by atoms with Gasteiger partial charge in [-0.2, -0.15) is 13.2 Å². The first-order valence-electron chi connectivity index (χ1n) is 51.8. The van der Waals surface area contributed by atoms with Crippen molar-refractivity contribution in [1.82, 2.24) is 0 Å². The third-order valence-electron chi connectivity index (χ3n) is 35.0. The molecule has 8 aromatic carbocycles. The highest BCUT2D eigenvalue weighted by Crippen LogP contribution is 2.62. The number of carbonyl (C=O) groups excluding carboxylic acids is 16. The summed E-state index contributed by atoms with van der Waals surface area (Å²) in [5, 5.41) is -3.27. The van der Waals surface area contributed by atoms with Crippen molar-refractivity contribution in [3.8, 4) is 0 Å². The molecule has 9 atom stereocenters. The summed E-state index contributed by atoms with van der Waals surface area (Å²) in [7, 11) is 0. The molecule has 4 spiro atoms. The van der Waals surface area contributed by atoms with Crippen LogP contribution >= 0.6 is 23.2 Å². The monoisotopic (exact) mass is 2070 g/mol. The van der Waals surface area contributed by atoms with E-state index >= 15 is 0 Å². The molecule has 24 rings (SSSR count). The standard InChI is InChI=1S/C29H29F3N4O4.C29H32N4O4.C27H26Cl2N4O4.C27H28N4O4/c1-14-24(37)35(21-12-10-19(33)15-6-2-4-8-17(15)21)26(39)28(14)23(29(30,31)32)25(38)36(27(28)40)22-13-11-20(34)16-7-3-5-9-18(16)22;1-15-25(34)32(23-13-11-21(30)17-7-3-5-9-19(17)23)27(36)29(15)16(2)26(35)33(28(29)37)24-14-12-22(31)18-8-4-6-10-20(18)24;28-21-23(34)32(19-11-9-17(30)13-5-1-3-7-15(13)19)25(36)27(21)22(29)24(35)33(26(27)37)20-12-10-18(31)14-6-2-4-8-16(14)20;28-19-9-11-21(17-7-3-1-5-15(17)19)30-23(32)13-27(25(30)34)14-24(33)31(26(27)35)22-12-10-20(29)16-6-2-4-8-18(16)22/h10-14,23H,2-9,33-34H2,1H3;11-16H,3-10,30-31H2,1-2H3;9-12,21-22H,1-8,30-31H2;9-12H,1-8,13-14,28-29H2/t14?,23-,28-;15-,16?,29?;21-,22?,27?;/m000./s1. The van der Waals surface area contributed by atoms with E-state index in [0.717, 1.165) is 256 Å². The van der Waals surface area contributed by atoms with E-state index in [1.54, 1.807) is 86.6 Å². The predicted octanol–water partition coefficient (Wildman–Crippen LogP) is 13.2. The topological polar surface area (TPSA) is 507 Å². The lowest BCUT2D eigenvalue weighted by atomic mass is 9.69. The van der Waals surface area contributed by atoms with E-state index < -0.39 is 157 Å². The number of alkyl halides is 5. The van der Waals surface area contributed by atoms with Gasteiger partial charge in [0.2, 0.25) is 35.4 Å². The fourth-order valence-corrected chi connectivity index (χ4v) is 28.2. The summed E-state index contributed by atoms with van der Waals surface area (Å²) in [4.78, 5) is 229. The predicted molar refractivity (Wildman–Crippen MR) is 555 cm³/mol. The number of anilines is 16. The van der Waals surface area contributed by atoms with Gasteiger partial charge in [0.05, 0.1) is 76.1 Å². The number of benzene rings is 8. The molecular weight excluding hydrogens is 1950 g/mol. The van der Waals surface area contributed by atoms with Crippen molar-refractivity contribution in [1.29, 1.82) is 0 Å². The number of imide groups is 8. The van der Waals surface area contributed by atoms with Crippen LogP contribution < -0.4 is 85.1 Å². The zero-order valence-corrected chi connectivity index (χ0v) is 84.4. The minimum Gasteiger partial charge on any atom is -0.398 e. The number of nitrogens with two attached hydrogens (primary N) is 8. The van der Waals surface area contributed by atoms with Crippen LogP contribution in [0.25, 0.3) is 0 Å². The van der Waals surface area contributed by atoms with Gasteiger partial charge in [-0.05, 0) is 392 Å². The number of halogens is 5. The van der Waals surface area contributed by atoms with Crippen LogP contribution in [0.5, 0.6) is 0 Å². The second-order valence-corrected chi connectivity index (χ2v) is 43.4. The summed E-state index contributed by atoms with van der Waals surface area (Å²) >= 11 is 13.2. The molecule has 8 saturated heterocycles. The molecule has 37 heteroatoms. The van der Waals surface area contributed by atoms with Gasteiger partial charge in [-0.25, -0.2) is 39.2 Å². The number of nitrogens with zero attached hydrogens (tertiary/aromatic N) is 8. The molecule has 16 N–H and O–H groups in total. The molecule has 8 fully saturated rings. The van der Waals surface area contributed by atoms with Gasteiger partial charge in [0.1, 0.15) is 16.2 Å². The van der Waals surface area contributed by atoms with Crippen LogP contribution in [0.15, 0.2) is 97.1 Å². The zero-order valence-electron chi connectivity index (χ0n) is 82.9. The van der Waals surface area contributed by atoms with E-state index in [0.29, 0.717) is 164 Å². The number of nitrogen functional groups attached to an aromatic ring is 8. The van der Waals surface area contributed by atoms with E-state index in [-0.39, 0.29) is 24.2 Å². The number of carbonyl (C=O) groups is 16. The number of fused-ring (bicyclic) bond motifs is 8. The molecule has 8 aliphatic heterocycles. The average Bonchev–Trinajstić information content (AvgIpc) is 1.53. The molecule has 16 amide bonds. The van der Waals surface area contributed by atoms with Crippen molar-refractivity contribution >= 4 is 209 Å². The van der Waals surface area contributed by atoms with Crippen LogP contribution in [0, 0.1) is 45.3 Å². The Labute approximate surface area is 866 Å². The number of hydrogen-bond donors (Lipinski definition) is 8. The Bertz CT molecular complexity index is 6810. The first kappa shape index (κ1) is 101. The smallest absolute Gasteiger partial charge is 0.398 e. The quantitative estimate of drug-likeness (QED) is 0.0303. The van der Waals surface area contributed by atoms with Crippen molar-refractivity contribution in [3.63, 3.8) is 0 Å². The van der Waals surface area contributed by atoms with Crippen molar-refractivity contribution in [2.45, 2.75) is 256 Å². The summed E-state index contributed by atoms with van der Waals surface area (Å²) in [6.45, 7) is 4.34. The van der Waals surface area contributed by atoms with E-state index in [1.807, 2.05) is 0 Å². The van der Waals surface area contributed by atoms with E-state index in [4.69, 9.17) is 69.1 Å². The largest absolute Gasteiger partial charge is 0.402 e. The molecule has 8 heterocycles. The van der Waals surface area contributed by atoms with Gasteiger partial charge in [0.25, 0.3) is 59.1 Å². The lowest BCUT2D eigenvalue weighted by Gasteiger charge is -2.30. The van der Waals surface area contributed by atoms with Gasteiger partial charge in [-0.3, -0.25) is 76.7 Å². The van der Waals surface area contributed by atoms with E-state index in [2.05, 4.69) is 0 Å². The third-order valence-corrected chi connectivity index (χ3v) is 36.1. The minimum atomic E-state index is -5.27. The highest BCUT2D eigenvalue weighted by molar-refractivity contribution is 6.56. The van der Waals surface area contributed by atoms with Crippen LogP contribution in [0.4, 0.5) is 104 Å². The molecule has 0 bridgehead atoms. The van der Waals surface area contributed by atoms with Gasteiger partial charge in [0.15, 0.2) is 22.2 Å². The molecule has 8 aromatic rings. The molecule has 774 valence electrons. The van der Waals surface area contributed by atoms with Crippen molar-refractivity contribution in [3.05, 3.63) is 186 Å². The molecule has 0 aromatic heterocycles. The summed E-state index contributed by atoms with van der Waals surface area (Å²) in [5.74, 6) is -19.3. The second-order valence-electron chi connectivity index (χ2n) is 42.6. The zero-order chi connectivity index (χ0) is 106. The average molecular weight is 2070 g/mol. The first-order valence-corrected chi connectivity index (χ1v) is 52.7. The molecule has 0 radical (unpaired) electrons. The van der Waals surface area contributed by atoms with Gasteiger partial charge in [0, 0.05) is 45.5 Å². The highest BCUT2D eigenvalue weighted by atomic mass is 35.5. The van der Waals surface area contributed by atoms with Crippen LogP contribution in [0.2, 0.25) is 0 Å². The van der Waals surface area contributed by atoms with Crippen molar-refractivity contribution < 1.29 is 89.9 Å². The lowest BCUT2D eigenvalue weighted by Crippen LogP contribution is -2.51. The molecule has 32 nitrogen and oxygen atoms in total. The number of hydrogen-bond acceptors (Lipinski definition) is 24. The Hall–Kier alpha value is -14.4. The fourth-order valence-electron chi connectivity index (χ4n) is 27.4. The minimum absolute atomic E-state index is 0.000730. The summed E-state index contributed by atoms with van der Waals surface area (Å²) in [6.07, 6.45) is 19.4. The lowest BCUT2D eigenvalue weighted by molar-refractivity contribution is -0.203. The summed E-state index contributed by atoms with van der Waals surface area (Å²) in [6, 6.07) is 26.0. The second kappa shape index (κ2) is 37.1. The maximum atomic E-state index is 14.8. The molecule has 16 aliphatic rings. The SMILES string of the molecule is CC1C(=O)N(c2ccc(N)c3c2CCCC3)C(=O)C12C(=O)N(c1ccc(N)c3c1CCCC3)C(=O)[C@@H]2C.CC1C(=O)N(c2ccc(N)c3c2CCCC3)C(=O)[C@]12C(=O)N(c1ccc(N)c3c1CCCC3)C(=O)[C@@H]2C(F)(F)F.Nc1ccc(N2C(=O)C(Cl)C3(C2=O)C(=O)N(c2ccc(N)c4c2CCCC4)C(=O)[C@@H]3Cl)c2c1CCCC2.Nc1ccc(N2C(=O)CC3(CC(=O)N(c4ccc(N)c5c4CCCC5)C3=O)C2=O)c2c1CCCC2. The van der Waals surface area contributed by atoms with Gasteiger partial charge < -0.3 is 45.9 Å². The molecule has 0 saturated carbocycles. The Morgan fingerprint density at radius 2 is 0.396 bits per heavy atom. The van der Waals surface area contributed by atoms with Crippen LogP contribution in [0.3, 0.4) is 0 Å². The van der Waals surface area contributed by atoms with E-state index in [1.165, 1.54) is 24.3 Å². The Balaban J connectivity index is 0.000000116. The van der Waals surface area contributed by atoms with Gasteiger partial charge in [-0.15, -0.1) is 23.2 Å². The highest BCUT2D eigenvalue weighted by Gasteiger charge is 2.81. The van der Waals surface area contributed by atoms with E-state index in [9.17, 15) is 89.9 Å². The molecule has 149 heavy (non-hydrogen) atoms. The maximum Gasteiger partial charge on any atom is 0.402 e. The van der Waals surface area contributed by atoms with Crippen molar-refractivity contribution in [2.24, 2.45) is 45.3 Å². The number of rotatable bonds is 8. The van der Waals surface area contributed by atoms with Gasteiger partial charge >= 0.3 is 6.18 Å². The molecular formula is C112H115Cl2F3N16O16. The molecule has 5 unspecified atom stereocenters. The first-order chi connectivity index (χ1) is 71.2. The van der Waals surface area contributed by atoms with Crippen LogP contribution in [-0.4, -0.2) is 111 Å². The normalized spacial score (nSPS) is 25.7. The van der Waals surface area contributed by atoms with Crippen LogP contribution in [-0.2, 0) is 179 Å². The van der Waals surface area contributed by atoms with Crippen molar-refractivity contribution in [2.75, 3.05) is 85.1 Å². The Morgan fingerprint density at radius 1 is 0.228 bits per heavy atom. The number of amides is 16. The summed E-state index contributed by atoms with van der Waals surface area (Å²) < 4.78 is 44.4. The maximum absolute atomic E-state index is 14.8. The Kier molecular flexibility index (Phi) is 25.1. The van der Waals surface area contributed by atoms with Crippen LogP contribution in [0.1, 0.15) is 225 Å². The fraction of sp³-hybridized carbons (Fsp3) is 0.429. The van der Waals surface area contributed by atoms with Gasteiger partial charge in [-0.1, -0.05) is 20.8 Å². The third kappa shape index (κ3) is 14.6. The summed E-state index contributed by atoms with van der Waals surface area (Å²) in [5.41, 5.74) is 61.7. The molecule has 8 aliphatic carbocycles.